The molecular formula is C25H34BrN3O4S. The quantitative estimate of drug-likeness (QED) is 0.454. The lowest BCUT2D eigenvalue weighted by Gasteiger charge is -2.33. The van der Waals surface area contributed by atoms with Gasteiger partial charge in [0.15, 0.2) is 0 Å². The van der Waals surface area contributed by atoms with Crippen LogP contribution in [0.15, 0.2) is 46.9 Å². The molecule has 0 aromatic heterocycles. The Morgan fingerprint density at radius 1 is 1.09 bits per heavy atom. The molecule has 2 amide bonds. The van der Waals surface area contributed by atoms with Crippen LogP contribution in [0.3, 0.4) is 0 Å². The normalized spacial score (nSPS) is 12.2. The molecule has 0 aliphatic carbocycles. The van der Waals surface area contributed by atoms with Crippen LogP contribution in [0.2, 0.25) is 0 Å². The van der Waals surface area contributed by atoms with Gasteiger partial charge in [0.05, 0.1) is 11.9 Å². The maximum absolute atomic E-state index is 13.6. The summed E-state index contributed by atoms with van der Waals surface area (Å²) in [5, 5.41) is 2.87. The zero-order chi connectivity index (χ0) is 25.5. The van der Waals surface area contributed by atoms with Crippen molar-refractivity contribution in [3.8, 4) is 0 Å². The Labute approximate surface area is 211 Å². The SMILES string of the molecule is CCCNC(=O)[C@H](CC)N(Cc1cccc(C)c1)C(=O)CN(c1ccc(Br)c(C)c1)S(C)(=O)=O. The average Bonchev–Trinajstić information content (AvgIpc) is 2.77. The maximum Gasteiger partial charge on any atom is 0.244 e. The van der Waals surface area contributed by atoms with Crippen molar-refractivity contribution in [1.82, 2.24) is 10.2 Å². The molecule has 0 saturated carbocycles. The summed E-state index contributed by atoms with van der Waals surface area (Å²) in [4.78, 5) is 28.0. The molecule has 1 N–H and O–H groups in total. The molecule has 9 heteroatoms. The minimum atomic E-state index is -3.75. The van der Waals surface area contributed by atoms with Crippen LogP contribution >= 0.6 is 15.9 Å². The molecule has 2 aromatic rings. The summed E-state index contributed by atoms with van der Waals surface area (Å²) in [5.74, 6) is -0.679. The van der Waals surface area contributed by atoms with Crippen molar-refractivity contribution in [3.63, 3.8) is 0 Å². The highest BCUT2D eigenvalue weighted by Gasteiger charge is 2.31. The minimum Gasteiger partial charge on any atom is -0.354 e. The first-order valence-electron chi connectivity index (χ1n) is 11.3. The molecule has 1 atom stereocenters. The Balaban J connectivity index is 2.44. The third kappa shape index (κ3) is 7.56. The van der Waals surface area contributed by atoms with E-state index in [-0.39, 0.29) is 12.5 Å². The molecule has 34 heavy (non-hydrogen) atoms. The maximum atomic E-state index is 13.6. The van der Waals surface area contributed by atoms with Crippen molar-refractivity contribution in [2.24, 2.45) is 0 Å². The fourth-order valence-corrected chi connectivity index (χ4v) is 4.78. The Kier molecular flexibility index (Phi) is 10.1. The Bertz CT molecular complexity index is 1120. The number of sulfonamides is 1. The highest BCUT2D eigenvalue weighted by molar-refractivity contribution is 9.10. The van der Waals surface area contributed by atoms with Crippen LogP contribution in [-0.4, -0.2) is 50.5 Å². The van der Waals surface area contributed by atoms with Gasteiger partial charge in [-0.05, 0) is 56.0 Å². The predicted molar refractivity (Wildman–Crippen MR) is 140 cm³/mol. The molecule has 0 fully saturated rings. The third-order valence-electron chi connectivity index (χ3n) is 5.48. The van der Waals surface area contributed by atoms with Crippen molar-refractivity contribution in [2.45, 2.75) is 53.1 Å². The lowest BCUT2D eigenvalue weighted by atomic mass is 10.1. The lowest BCUT2D eigenvalue weighted by Crippen LogP contribution is -2.52. The van der Waals surface area contributed by atoms with Crippen molar-refractivity contribution in [3.05, 3.63) is 63.6 Å². The van der Waals surface area contributed by atoms with Gasteiger partial charge in [0.1, 0.15) is 12.6 Å². The highest BCUT2D eigenvalue weighted by atomic mass is 79.9. The number of carbonyl (C=O) groups is 2. The largest absolute Gasteiger partial charge is 0.354 e. The number of hydrogen-bond acceptors (Lipinski definition) is 4. The topological polar surface area (TPSA) is 86.8 Å². The summed E-state index contributed by atoms with van der Waals surface area (Å²) in [7, 11) is -3.75. The molecule has 0 aliphatic rings. The molecule has 0 aliphatic heterocycles. The van der Waals surface area contributed by atoms with Crippen LogP contribution in [-0.2, 0) is 26.2 Å². The van der Waals surface area contributed by atoms with Crippen molar-refractivity contribution >= 4 is 43.5 Å². The number of carbonyl (C=O) groups excluding carboxylic acids is 2. The summed E-state index contributed by atoms with van der Waals surface area (Å²) < 4.78 is 27.3. The molecule has 0 spiro atoms. The lowest BCUT2D eigenvalue weighted by molar-refractivity contribution is -0.140. The van der Waals surface area contributed by atoms with Crippen molar-refractivity contribution < 1.29 is 18.0 Å². The number of amides is 2. The fourth-order valence-electron chi connectivity index (χ4n) is 3.69. The monoisotopic (exact) mass is 551 g/mol. The van der Waals surface area contributed by atoms with E-state index < -0.39 is 28.5 Å². The number of aryl methyl sites for hydroxylation is 2. The van der Waals surface area contributed by atoms with Crippen LogP contribution in [0.25, 0.3) is 0 Å². The molecule has 186 valence electrons. The summed E-state index contributed by atoms with van der Waals surface area (Å²) in [5.41, 5.74) is 3.16. The predicted octanol–water partition coefficient (Wildman–Crippen LogP) is 4.17. The molecule has 2 aromatic carbocycles. The van der Waals surface area contributed by atoms with E-state index in [0.29, 0.717) is 18.7 Å². The van der Waals surface area contributed by atoms with E-state index in [2.05, 4.69) is 21.2 Å². The number of nitrogens with one attached hydrogen (secondary N) is 1. The Morgan fingerprint density at radius 3 is 2.35 bits per heavy atom. The van der Waals surface area contributed by atoms with Gasteiger partial charge in [-0.3, -0.25) is 13.9 Å². The van der Waals surface area contributed by atoms with E-state index in [1.54, 1.807) is 18.2 Å². The van der Waals surface area contributed by atoms with Crippen LogP contribution in [0, 0.1) is 13.8 Å². The summed E-state index contributed by atoms with van der Waals surface area (Å²) in [6.45, 7) is 7.93. The minimum absolute atomic E-state index is 0.204. The van der Waals surface area contributed by atoms with Gasteiger partial charge in [0.2, 0.25) is 21.8 Å². The first-order valence-corrected chi connectivity index (χ1v) is 14.0. The molecule has 0 saturated heterocycles. The highest BCUT2D eigenvalue weighted by Crippen LogP contribution is 2.25. The Morgan fingerprint density at radius 2 is 1.79 bits per heavy atom. The number of hydrogen-bond donors (Lipinski definition) is 1. The van der Waals surface area contributed by atoms with Gasteiger partial charge in [-0.25, -0.2) is 8.42 Å². The molecule has 0 unspecified atom stereocenters. The summed E-state index contributed by atoms with van der Waals surface area (Å²) in [6, 6.07) is 12.1. The van der Waals surface area contributed by atoms with E-state index in [9.17, 15) is 18.0 Å². The second kappa shape index (κ2) is 12.4. The standard InChI is InChI=1S/C25H34BrN3O4S/c1-6-13-27-25(31)23(7-2)28(16-20-10-8-9-18(3)14-20)24(30)17-29(34(5,32)33)21-11-12-22(26)19(4)15-21/h8-12,14-15,23H,6-7,13,16-17H2,1-5H3,(H,27,31)/t23-/m0/s1. The van der Waals surface area contributed by atoms with Crippen LogP contribution in [0.1, 0.15) is 43.4 Å². The number of nitrogens with zero attached hydrogens (tertiary/aromatic N) is 2. The second-order valence-electron chi connectivity index (χ2n) is 8.43. The first-order chi connectivity index (χ1) is 16.0. The van der Waals surface area contributed by atoms with Gasteiger partial charge in [-0.2, -0.15) is 0 Å². The van der Waals surface area contributed by atoms with Gasteiger partial charge in [0.25, 0.3) is 0 Å². The zero-order valence-corrected chi connectivity index (χ0v) is 22.9. The first kappa shape index (κ1) is 27.9. The molecular weight excluding hydrogens is 518 g/mol. The van der Waals surface area contributed by atoms with Gasteiger partial charge < -0.3 is 10.2 Å². The van der Waals surface area contributed by atoms with Gasteiger partial charge >= 0.3 is 0 Å². The fraction of sp³-hybridized carbons (Fsp3) is 0.440. The van der Waals surface area contributed by atoms with Gasteiger partial charge in [-0.15, -0.1) is 0 Å². The number of rotatable bonds is 11. The number of anilines is 1. The second-order valence-corrected chi connectivity index (χ2v) is 11.2. The van der Waals surface area contributed by atoms with Gasteiger partial charge in [0, 0.05) is 17.6 Å². The van der Waals surface area contributed by atoms with Gasteiger partial charge in [-0.1, -0.05) is 59.6 Å². The van der Waals surface area contributed by atoms with Crippen LogP contribution < -0.4 is 9.62 Å². The number of benzene rings is 2. The van der Waals surface area contributed by atoms with E-state index in [1.807, 2.05) is 52.0 Å². The summed E-state index contributed by atoms with van der Waals surface area (Å²) >= 11 is 3.42. The third-order valence-corrected chi connectivity index (χ3v) is 7.51. The number of halogens is 1. The smallest absolute Gasteiger partial charge is 0.244 e. The molecule has 0 radical (unpaired) electrons. The zero-order valence-electron chi connectivity index (χ0n) is 20.5. The van der Waals surface area contributed by atoms with Crippen molar-refractivity contribution in [2.75, 3.05) is 23.7 Å². The molecule has 0 heterocycles. The Hall–Kier alpha value is -2.39. The van der Waals surface area contributed by atoms with Crippen LogP contribution in [0.4, 0.5) is 5.69 Å². The molecule has 7 nitrogen and oxygen atoms in total. The van der Waals surface area contributed by atoms with E-state index in [1.165, 1.54) is 4.90 Å². The summed E-state index contributed by atoms with van der Waals surface area (Å²) in [6.07, 6.45) is 2.26. The average molecular weight is 553 g/mol. The van der Waals surface area contributed by atoms with E-state index in [0.717, 1.165) is 38.1 Å². The van der Waals surface area contributed by atoms with Crippen LogP contribution in [0.5, 0.6) is 0 Å². The van der Waals surface area contributed by atoms with E-state index >= 15 is 0 Å². The molecule has 2 rings (SSSR count). The van der Waals surface area contributed by atoms with E-state index in [4.69, 9.17) is 0 Å². The molecule has 0 bridgehead atoms. The van der Waals surface area contributed by atoms with Crippen molar-refractivity contribution in [1.29, 1.82) is 0 Å².